The quantitative estimate of drug-likeness (QED) is 0.525. The van der Waals surface area contributed by atoms with Gasteiger partial charge in [-0.05, 0) is 23.6 Å². The molecule has 6 N–H and O–H groups in total. The van der Waals surface area contributed by atoms with E-state index in [4.69, 9.17) is 10.9 Å². The van der Waals surface area contributed by atoms with Crippen molar-refractivity contribution in [1.82, 2.24) is 5.32 Å². The van der Waals surface area contributed by atoms with Gasteiger partial charge in [0.05, 0.1) is 18.3 Å². The molecule has 0 aliphatic rings. The fraction of sp³-hybridized carbons (Fsp3) is 0.429. The summed E-state index contributed by atoms with van der Waals surface area (Å²) in [7, 11) is -3.59. The maximum Gasteiger partial charge on any atom is 0.243 e. The van der Waals surface area contributed by atoms with Gasteiger partial charge in [-0.3, -0.25) is 9.59 Å². The van der Waals surface area contributed by atoms with E-state index in [1.807, 2.05) is 13.8 Å². The van der Waals surface area contributed by atoms with Crippen molar-refractivity contribution in [3.8, 4) is 0 Å². The molecule has 0 saturated heterocycles. The summed E-state index contributed by atoms with van der Waals surface area (Å²) in [6.45, 7) is 3.43. The molecule has 2 amide bonds. The standard InChI is InChI=1S/C14H22N4O4S.ClH/c1-9(2)13(15)14(20)17-7-12(19)18-11-5-3-10(4-6-11)8-23(16,21)22;/h3-6,9,13H,7-8,15H2,1-2H3,(H,17,20)(H,18,19)(H2,16,21,22);1H/t13-;/m0./s1. The van der Waals surface area contributed by atoms with Gasteiger partial charge in [0.1, 0.15) is 0 Å². The summed E-state index contributed by atoms with van der Waals surface area (Å²) in [6.07, 6.45) is 0. The summed E-state index contributed by atoms with van der Waals surface area (Å²) in [4.78, 5) is 23.4. The maximum atomic E-state index is 11.7. The summed E-state index contributed by atoms with van der Waals surface area (Å²) < 4.78 is 21.9. The van der Waals surface area contributed by atoms with E-state index < -0.39 is 27.9 Å². The van der Waals surface area contributed by atoms with Crippen LogP contribution in [-0.2, 0) is 25.4 Å². The zero-order chi connectivity index (χ0) is 17.6. The highest BCUT2D eigenvalue weighted by Crippen LogP contribution is 2.11. The Morgan fingerprint density at radius 1 is 1.17 bits per heavy atom. The first-order valence-corrected chi connectivity index (χ1v) is 8.72. The molecule has 0 unspecified atom stereocenters. The van der Waals surface area contributed by atoms with Gasteiger partial charge in [0, 0.05) is 5.69 Å². The van der Waals surface area contributed by atoms with Crippen molar-refractivity contribution in [2.45, 2.75) is 25.6 Å². The van der Waals surface area contributed by atoms with Gasteiger partial charge < -0.3 is 16.4 Å². The highest BCUT2D eigenvalue weighted by atomic mass is 35.5. The first-order chi connectivity index (χ1) is 10.6. The third kappa shape index (κ3) is 8.25. The molecule has 0 bridgehead atoms. The molecule has 136 valence electrons. The van der Waals surface area contributed by atoms with Gasteiger partial charge in [0.15, 0.2) is 0 Å². The Morgan fingerprint density at radius 2 is 1.71 bits per heavy atom. The number of carbonyl (C=O) groups excluding carboxylic acids is 2. The zero-order valence-electron chi connectivity index (χ0n) is 13.5. The van der Waals surface area contributed by atoms with Gasteiger partial charge in [-0.25, -0.2) is 13.6 Å². The first kappa shape index (κ1) is 22.3. The van der Waals surface area contributed by atoms with Crippen LogP contribution >= 0.6 is 12.4 Å². The molecule has 10 heteroatoms. The molecule has 1 atom stereocenters. The number of carbonyl (C=O) groups is 2. The molecule has 0 aromatic heterocycles. The summed E-state index contributed by atoms with van der Waals surface area (Å²) in [6, 6.07) is 5.54. The lowest BCUT2D eigenvalue weighted by Crippen LogP contribution is -2.46. The van der Waals surface area contributed by atoms with Crippen molar-refractivity contribution in [2.75, 3.05) is 11.9 Å². The van der Waals surface area contributed by atoms with Crippen LogP contribution in [0.15, 0.2) is 24.3 Å². The average Bonchev–Trinajstić information content (AvgIpc) is 2.44. The number of nitrogens with two attached hydrogens (primary N) is 2. The molecule has 0 aliphatic heterocycles. The molecule has 0 radical (unpaired) electrons. The molecule has 0 spiro atoms. The van der Waals surface area contributed by atoms with E-state index in [0.717, 1.165) is 0 Å². The number of amides is 2. The second-order valence-electron chi connectivity index (χ2n) is 5.54. The molecule has 0 heterocycles. The monoisotopic (exact) mass is 378 g/mol. The predicted molar refractivity (Wildman–Crippen MR) is 95.0 cm³/mol. The summed E-state index contributed by atoms with van der Waals surface area (Å²) >= 11 is 0. The Morgan fingerprint density at radius 3 is 2.17 bits per heavy atom. The highest BCUT2D eigenvalue weighted by molar-refractivity contribution is 7.88. The van der Waals surface area contributed by atoms with Gasteiger partial charge in [-0.1, -0.05) is 26.0 Å². The van der Waals surface area contributed by atoms with Crippen molar-refractivity contribution in [1.29, 1.82) is 0 Å². The number of halogens is 1. The smallest absolute Gasteiger partial charge is 0.243 e. The summed E-state index contributed by atoms with van der Waals surface area (Å²) in [5.41, 5.74) is 6.66. The number of benzene rings is 1. The van der Waals surface area contributed by atoms with Crippen LogP contribution in [0.3, 0.4) is 0 Å². The van der Waals surface area contributed by atoms with E-state index in [2.05, 4.69) is 10.6 Å². The molecule has 1 rings (SSSR count). The minimum Gasteiger partial charge on any atom is -0.346 e. The lowest BCUT2D eigenvalue weighted by atomic mass is 10.1. The van der Waals surface area contributed by atoms with Crippen LogP contribution < -0.4 is 21.5 Å². The lowest BCUT2D eigenvalue weighted by Gasteiger charge is -2.15. The number of anilines is 1. The lowest BCUT2D eigenvalue weighted by molar-refractivity contribution is -0.125. The third-order valence-corrected chi connectivity index (χ3v) is 3.79. The maximum absolute atomic E-state index is 11.7. The Kier molecular flexibility index (Phi) is 8.91. The van der Waals surface area contributed by atoms with Gasteiger partial charge in [-0.2, -0.15) is 0 Å². The number of hydrogen-bond acceptors (Lipinski definition) is 5. The van der Waals surface area contributed by atoms with Crippen molar-refractivity contribution < 1.29 is 18.0 Å². The van der Waals surface area contributed by atoms with E-state index in [1.165, 1.54) is 0 Å². The highest BCUT2D eigenvalue weighted by Gasteiger charge is 2.17. The number of hydrogen-bond donors (Lipinski definition) is 4. The third-order valence-electron chi connectivity index (χ3n) is 3.05. The van der Waals surface area contributed by atoms with Crippen molar-refractivity contribution in [3.63, 3.8) is 0 Å². The van der Waals surface area contributed by atoms with Crippen LogP contribution in [0, 0.1) is 5.92 Å². The minimum absolute atomic E-state index is 0. The van der Waals surface area contributed by atoms with E-state index in [-0.39, 0.29) is 30.6 Å². The largest absolute Gasteiger partial charge is 0.346 e. The molecule has 8 nitrogen and oxygen atoms in total. The molecular formula is C14H23ClN4O4S. The van der Waals surface area contributed by atoms with Gasteiger partial charge >= 0.3 is 0 Å². The van der Waals surface area contributed by atoms with Crippen LogP contribution in [-0.4, -0.2) is 32.8 Å². The predicted octanol–water partition coefficient (Wildman–Crippen LogP) is -0.0651. The second kappa shape index (κ2) is 9.58. The molecular weight excluding hydrogens is 356 g/mol. The van der Waals surface area contributed by atoms with Crippen molar-refractivity contribution in [3.05, 3.63) is 29.8 Å². The second-order valence-corrected chi connectivity index (χ2v) is 7.15. The Bertz CT molecular complexity index is 662. The molecule has 1 aromatic rings. The van der Waals surface area contributed by atoms with Crippen LogP contribution in [0.2, 0.25) is 0 Å². The van der Waals surface area contributed by atoms with Gasteiger partial charge in [-0.15, -0.1) is 12.4 Å². The fourth-order valence-corrected chi connectivity index (χ4v) is 2.37. The van der Waals surface area contributed by atoms with E-state index in [1.54, 1.807) is 24.3 Å². The number of sulfonamides is 1. The normalized spacial score (nSPS) is 12.2. The van der Waals surface area contributed by atoms with Crippen LogP contribution in [0.4, 0.5) is 5.69 Å². The summed E-state index contributed by atoms with van der Waals surface area (Å²) in [5, 5.41) is 9.99. The molecule has 0 saturated carbocycles. The van der Waals surface area contributed by atoms with Crippen LogP contribution in [0.1, 0.15) is 19.4 Å². The van der Waals surface area contributed by atoms with Crippen molar-refractivity contribution in [2.24, 2.45) is 16.8 Å². The van der Waals surface area contributed by atoms with Gasteiger partial charge in [0.25, 0.3) is 0 Å². The SMILES string of the molecule is CC(C)[C@H](N)C(=O)NCC(=O)Nc1ccc(CS(N)(=O)=O)cc1.Cl. The average molecular weight is 379 g/mol. The number of primary sulfonamides is 1. The fourth-order valence-electron chi connectivity index (χ4n) is 1.71. The Balaban J connectivity index is 0.00000529. The topological polar surface area (TPSA) is 144 Å². The number of nitrogens with one attached hydrogen (secondary N) is 2. The molecule has 0 fully saturated rings. The zero-order valence-corrected chi connectivity index (χ0v) is 15.1. The van der Waals surface area contributed by atoms with Gasteiger partial charge in [0.2, 0.25) is 21.8 Å². The van der Waals surface area contributed by atoms with E-state index in [9.17, 15) is 18.0 Å². The summed E-state index contributed by atoms with van der Waals surface area (Å²) in [5.74, 6) is -1.10. The van der Waals surface area contributed by atoms with Crippen LogP contribution in [0.5, 0.6) is 0 Å². The molecule has 0 aliphatic carbocycles. The molecule has 24 heavy (non-hydrogen) atoms. The molecule has 1 aromatic carbocycles. The van der Waals surface area contributed by atoms with Crippen molar-refractivity contribution >= 4 is 39.9 Å². The first-order valence-electron chi connectivity index (χ1n) is 7.01. The Hall–Kier alpha value is -1.68. The number of rotatable bonds is 7. The minimum atomic E-state index is -3.59. The van der Waals surface area contributed by atoms with E-state index >= 15 is 0 Å². The van der Waals surface area contributed by atoms with Crippen LogP contribution in [0.25, 0.3) is 0 Å². The Labute approximate surface area is 147 Å². The van der Waals surface area contributed by atoms with E-state index in [0.29, 0.717) is 11.3 Å².